The number of aromatic nitrogens is 4. The highest BCUT2D eigenvalue weighted by molar-refractivity contribution is 5.36. The molecule has 3 aromatic rings. The van der Waals surface area contributed by atoms with Crippen LogP contribution in [-0.2, 0) is 16.5 Å². The Labute approximate surface area is 160 Å². The lowest BCUT2D eigenvalue weighted by atomic mass is 9.94. The zero-order valence-corrected chi connectivity index (χ0v) is 14.8. The van der Waals surface area contributed by atoms with Gasteiger partial charge in [-0.05, 0) is 47.7 Å². The molecule has 1 aliphatic heterocycles. The highest BCUT2D eigenvalue weighted by Crippen LogP contribution is 2.44. The van der Waals surface area contributed by atoms with E-state index in [-0.39, 0.29) is 23.9 Å². The molecule has 2 heterocycles. The van der Waals surface area contributed by atoms with Gasteiger partial charge in [0.2, 0.25) is 0 Å². The standard InChI is InChI=1S/C18H13F5N4O2/c1-10(17(9-28-17)14-7-4-12(19)8-15(14)20)29-16-24-25-26-27(16)13-5-2-11(3-6-13)18(21,22)23/h2-8,10H,9H2,1H3/t10-,17-/m1/s1. The van der Waals surface area contributed by atoms with Crippen LogP contribution in [0.25, 0.3) is 5.69 Å². The second-order valence-corrected chi connectivity index (χ2v) is 6.48. The molecule has 152 valence electrons. The number of halogens is 5. The van der Waals surface area contributed by atoms with Crippen molar-refractivity contribution >= 4 is 0 Å². The van der Waals surface area contributed by atoms with Crippen molar-refractivity contribution in [2.45, 2.75) is 24.8 Å². The Morgan fingerprint density at radius 2 is 1.83 bits per heavy atom. The third kappa shape index (κ3) is 3.53. The molecule has 0 N–H and O–H groups in total. The van der Waals surface area contributed by atoms with E-state index in [1.54, 1.807) is 6.92 Å². The van der Waals surface area contributed by atoms with E-state index < -0.39 is 35.1 Å². The van der Waals surface area contributed by atoms with Crippen LogP contribution in [0, 0.1) is 11.6 Å². The van der Waals surface area contributed by atoms with Crippen molar-refractivity contribution < 1.29 is 31.4 Å². The van der Waals surface area contributed by atoms with Crippen molar-refractivity contribution in [1.82, 2.24) is 20.2 Å². The van der Waals surface area contributed by atoms with Gasteiger partial charge in [0.25, 0.3) is 0 Å². The van der Waals surface area contributed by atoms with Gasteiger partial charge < -0.3 is 9.47 Å². The molecule has 2 atom stereocenters. The lowest BCUT2D eigenvalue weighted by molar-refractivity contribution is -0.137. The number of tetrazole rings is 1. The minimum absolute atomic E-state index is 0.116. The van der Waals surface area contributed by atoms with Gasteiger partial charge >= 0.3 is 12.2 Å². The second kappa shape index (κ2) is 6.76. The van der Waals surface area contributed by atoms with Gasteiger partial charge in [0.05, 0.1) is 17.9 Å². The molecule has 0 saturated carbocycles. The van der Waals surface area contributed by atoms with E-state index >= 15 is 0 Å². The van der Waals surface area contributed by atoms with Crippen LogP contribution < -0.4 is 4.74 Å². The van der Waals surface area contributed by atoms with Crippen molar-refractivity contribution in [2.24, 2.45) is 0 Å². The number of epoxide rings is 1. The van der Waals surface area contributed by atoms with E-state index in [0.717, 1.165) is 28.9 Å². The minimum Gasteiger partial charge on any atom is -0.456 e. The predicted molar refractivity (Wildman–Crippen MR) is 88.2 cm³/mol. The smallest absolute Gasteiger partial charge is 0.416 e. The van der Waals surface area contributed by atoms with Gasteiger partial charge in [-0.3, -0.25) is 0 Å². The van der Waals surface area contributed by atoms with Crippen molar-refractivity contribution in [1.29, 1.82) is 0 Å². The summed E-state index contributed by atoms with van der Waals surface area (Å²) in [6, 6.07) is 7.19. The van der Waals surface area contributed by atoms with Gasteiger partial charge in [-0.25, -0.2) is 8.78 Å². The zero-order valence-electron chi connectivity index (χ0n) is 14.8. The average Bonchev–Trinajstić information content (AvgIpc) is 3.34. The van der Waals surface area contributed by atoms with E-state index in [1.807, 2.05) is 0 Å². The Bertz CT molecular complexity index is 1030. The highest BCUT2D eigenvalue weighted by atomic mass is 19.4. The molecule has 0 aliphatic carbocycles. The largest absolute Gasteiger partial charge is 0.456 e. The number of hydrogen-bond acceptors (Lipinski definition) is 5. The van der Waals surface area contributed by atoms with Crippen LogP contribution in [0.4, 0.5) is 22.0 Å². The molecule has 1 aliphatic rings. The van der Waals surface area contributed by atoms with Gasteiger partial charge in [-0.2, -0.15) is 17.9 Å². The molecule has 0 radical (unpaired) electrons. The Morgan fingerprint density at radius 3 is 2.41 bits per heavy atom. The molecule has 4 rings (SSSR count). The minimum atomic E-state index is -4.47. The van der Waals surface area contributed by atoms with Gasteiger partial charge in [0.1, 0.15) is 17.7 Å². The molecule has 1 aromatic heterocycles. The van der Waals surface area contributed by atoms with Crippen LogP contribution >= 0.6 is 0 Å². The quantitative estimate of drug-likeness (QED) is 0.473. The van der Waals surface area contributed by atoms with Crippen LogP contribution in [-0.4, -0.2) is 32.9 Å². The number of benzene rings is 2. The van der Waals surface area contributed by atoms with Gasteiger partial charge in [-0.15, -0.1) is 0 Å². The fourth-order valence-electron chi connectivity index (χ4n) is 2.98. The van der Waals surface area contributed by atoms with Gasteiger partial charge in [0.15, 0.2) is 5.60 Å². The Balaban J connectivity index is 1.58. The maximum Gasteiger partial charge on any atom is 0.416 e. The van der Waals surface area contributed by atoms with Crippen LogP contribution in [0.15, 0.2) is 42.5 Å². The van der Waals surface area contributed by atoms with Crippen molar-refractivity contribution in [3.63, 3.8) is 0 Å². The third-order valence-corrected chi connectivity index (χ3v) is 4.66. The summed E-state index contributed by atoms with van der Waals surface area (Å²) in [7, 11) is 0. The third-order valence-electron chi connectivity index (χ3n) is 4.66. The van der Waals surface area contributed by atoms with Crippen LogP contribution in [0.3, 0.4) is 0 Å². The maximum absolute atomic E-state index is 14.2. The summed E-state index contributed by atoms with van der Waals surface area (Å²) in [5.41, 5.74) is -1.60. The molecule has 0 amide bonds. The number of rotatable bonds is 5. The fourth-order valence-corrected chi connectivity index (χ4v) is 2.98. The van der Waals surface area contributed by atoms with E-state index in [1.165, 1.54) is 18.2 Å². The van der Waals surface area contributed by atoms with E-state index in [2.05, 4.69) is 15.5 Å². The molecule has 1 fully saturated rings. The summed E-state index contributed by atoms with van der Waals surface area (Å²) in [5, 5.41) is 10.9. The van der Waals surface area contributed by atoms with Crippen LogP contribution in [0.2, 0.25) is 0 Å². The summed E-state index contributed by atoms with van der Waals surface area (Å²) in [6.07, 6.45) is -5.25. The lowest BCUT2D eigenvalue weighted by Crippen LogP contribution is -2.32. The predicted octanol–water partition coefficient (Wildman–Crippen LogP) is 3.65. The van der Waals surface area contributed by atoms with E-state index in [9.17, 15) is 22.0 Å². The van der Waals surface area contributed by atoms with Crippen LogP contribution in [0.1, 0.15) is 18.1 Å². The summed E-state index contributed by atoms with van der Waals surface area (Å²) in [4.78, 5) is 0. The lowest BCUT2D eigenvalue weighted by Gasteiger charge is -2.21. The summed E-state index contributed by atoms with van der Waals surface area (Å²) in [6.45, 7) is 1.74. The zero-order chi connectivity index (χ0) is 20.8. The molecular formula is C18H13F5N4O2. The summed E-state index contributed by atoms with van der Waals surface area (Å²) < 4.78 is 77.8. The Morgan fingerprint density at radius 1 is 1.14 bits per heavy atom. The molecule has 29 heavy (non-hydrogen) atoms. The second-order valence-electron chi connectivity index (χ2n) is 6.48. The monoisotopic (exact) mass is 412 g/mol. The molecule has 1 saturated heterocycles. The normalized spacial score (nSPS) is 19.8. The SMILES string of the molecule is C[C@@H](Oc1nnnn1-c1ccc(C(F)(F)F)cc1)[C@@]1(c2ccc(F)cc2F)CO1. The number of alkyl halides is 3. The van der Waals surface area contributed by atoms with Gasteiger partial charge in [0, 0.05) is 11.6 Å². The Hall–Kier alpha value is -3.08. The molecule has 0 spiro atoms. The topological polar surface area (TPSA) is 65.4 Å². The van der Waals surface area contributed by atoms with Crippen molar-refractivity contribution in [2.75, 3.05) is 6.61 Å². The maximum atomic E-state index is 14.2. The van der Waals surface area contributed by atoms with E-state index in [4.69, 9.17) is 9.47 Å². The van der Waals surface area contributed by atoms with Crippen molar-refractivity contribution in [3.05, 3.63) is 65.2 Å². The first-order chi connectivity index (χ1) is 13.7. The highest BCUT2D eigenvalue weighted by Gasteiger charge is 2.55. The van der Waals surface area contributed by atoms with E-state index in [0.29, 0.717) is 0 Å². The number of nitrogens with zero attached hydrogens (tertiary/aromatic N) is 4. The molecule has 11 heteroatoms. The molecular weight excluding hydrogens is 399 g/mol. The first-order valence-corrected chi connectivity index (χ1v) is 8.43. The Kier molecular flexibility index (Phi) is 4.49. The van der Waals surface area contributed by atoms with Gasteiger partial charge in [-0.1, -0.05) is 11.2 Å². The number of ether oxygens (including phenoxy) is 2. The fraction of sp³-hybridized carbons (Fsp3) is 0.278. The number of hydrogen-bond donors (Lipinski definition) is 0. The summed E-state index contributed by atoms with van der Waals surface area (Å²) >= 11 is 0. The van der Waals surface area contributed by atoms with Crippen molar-refractivity contribution in [3.8, 4) is 11.7 Å². The molecule has 2 aromatic carbocycles. The molecule has 0 bridgehead atoms. The first-order valence-electron chi connectivity index (χ1n) is 8.43. The average molecular weight is 412 g/mol. The molecule has 6 nitrogen and oxygen atoms in total. The summed E-state index contributed by atoms with van der Waals surface area (Å²) in [5.74, 6) is -1.50. The first kappa shape index (κ1) is 19.2. The van der Waals surface area contributed by atoms with Crippen LogP contribution in [0.5, 0.6) is 6.01 Å². The molecule has 0 unspecified atom stereocenters.